The van der Waals surface area contributed by atoms with Crippen molar-refractivity contribution in [2.24, 2.45) is 5.73 Å². The van der Waals surface area contributed by atoms with Crippen LogP contribution < -0.4 is 10.6 Å². The van der Waals surface area contributed by atoms with Crippen LogP contribution in [0.4, 0.5) is 5.82 Å². The number of piperazine rings is 1. The van der Waals surface area contributed by atoms with Gasteiger partial charge in [-0.2, -0.15) is 0 Å². The zero-order valence-electron chi connectivity index (χ0n) is 10.2. The summed E-state index contributed by atoms with van der Waals surface area (Å²) in [5.74, 6) is 0.874. The van der Waals surface area contributed by atoms with Gasteiger partial charge in [-0.05, 0) is 13.1 Å². The van der Waals surface area contributed by atoms with Gasteiger partial charge in [-0.3, -0.25) is 0 Å². The van der Waals surface area contributed by atoms with Gasteiger partial charge in [0.05, 0.1) is 6.10 Å². The molecule has 1 saturated heterocycles. The molecule has 1 atom stereocenters. The minimum absolute atomic E-state index is 0.229. The molecule has 2 heterocycles. The topological polar surface area (TPSA) is 65.6 Å². The number of likely N-dealkylation sites (N-methyl/N-ethyl adjacent to an activating group) is 1. The maximum absolute atomic E-state index is 9.89. The maximum Gasteiger partial charge on any atom is 0.134 e. The van der Waals surface area contributed by atoms with E-state index in [1.54, 1.807) is 6.20 Å². The SMILES string of the molecule is CN1CCN(c2ncccc2C(O)CN)CC1. The molecule has 1 aromatic rings. The normalized spacial score (nSPS) is 19.4. The van der Waals surface area contributed by atoms with Crippen LogP contribution in [0.1, 0.15) is 11.7 Å². The minimum Gasteiger partial charge on any atom is -0.387 e. The summed E-state index contributed by atoms with van der Waals surface area (Å²) in [6.45, 7) is 4.16. The highest BCUT2D eigenvalue weighted by Gasteiger charge is 2.20. The Bertz CT molecular complexity index is 363. The molecule has 2 rings (SSSR count). The highest BCUT2D eigenvalue weighted by molar-refractivity contribution is 5.48. The summed E-state index contributed by atoms with van der Waals surface area (Å²) in [6.07, 6.45) is 1.14. The van der Waals surface area contributed by atoms with Crippen LogP contribution in [0.3, 0.4) is 0 Å². The Kier molecular flexibility index (Phi) is 3.93. The monoisotopic (exact) mass is 236 g/mol. The Morgan fingerprint density at radius 2 is 2.12 bits per heavy atom. The second kappa shape index (κ2) is 5.44. The molecular formula is C12H20N4O. The van der Waals surface area contributed by atoms with Gasteiger partial charge in [0, 0.05) is 44.5 Å². The van der Waals surface area contributed by atoms with Crippen LogP contribution in [-0.4, -0.2) is 54.8 Å². The zero-order chi connectivity index (χ0) is 12.3. The van der Waals surface area contributed by atoms with Crippen molar-refractivity contribution in [1.29, 1.82) is 0 Å². The van der Waals surface area contributed by atoms with Gasteiger partial charge in [-0.25, -0.2) is 4.98 Å². The third-order valence-electron chi connectivity index (χ3n) is 3.20. The summed E-state index contributed by atoms with van der Waals surface area (Å²) in [4.78, 5) is 8.89. The molecule has 0 amide bonds. The molecule has 0 aromatic carbocycles. The lowest BCUT2D eigenvalue weighted by Crippen LogP contribution is -2.45. The lowest BCUT2D eigenvalue weighted by Gasteiger charge is -2.34. The van der Waals surface area contributed by atoms with Gasteiger partial charge in [-0.1, -0.05) is 6.07 Å². The molecule has 5 heteroatoms. The van der Waals surface area contributed by atoms with Gasteiger partial charge in [-0.15, -0.1) is 0 Å². The second-order valence-corrected chi connectivity index (χ2v) is 4.46. The highest BCUT2D eigenvalue weighted by Crippen LogP contribution is 2.24. The first-order valence-electron chi connectivity index (χ1n) is 5.99. The average molecular weight is 236 g/mol. The van der Waals surface area contributed by atoms with E-state index in [1.165, 1.54) is 0 Å². The first kappa shape index (κ1) is 12.3. The molecule has 1 aliphatic rings. The van der Waals surface area contributed by atoms with Gasteiger partial charge >= 0.3 is 0 Å². The van der Waals surface area contributed by atoms with Crippen LogP contribution in [-0.2, 0) is 0 Å². The van der Waals surface area contributed by atoms with Crippen LogP contribution in [0.25, 0.3) is 0 Å². The Morgan fingerprint density at radius 1 is 1.41 bits per heavy atom. The van der Waals surface area contributed by atoms with Gasteiger partial charge in [0.25, 0.3) is 0 Å². The van der Waals surface area contributed by atoms with E-state index >= 15 is 0 Å². The molecule has 5 nitrogen and oxygen atoms in total. The number of anilines is 1. The summed E-state index contributed by atoms with van der Waals surface area (Å²) >= 11 is 0. The molecule has 1 aromatic heterocycles. The highest BCUT2D eigenvalue weighted by atomic mass is 16.3. The number of hydrogen-bond donors (Lipinski definition) is 2. The molecular weight excluding hydrogens is 216 g/mol. The molecule has 3 N–H and O–H groups in total. The number of aromatic nitrogens is 1. The summed E-state index contributed by atoms with van der Waals surface area (Å²) < 4.78 is 0. The van der Waals surface area contributed by atoms with E-state index < -0.39 is 6.10 Å². The molecule has 0 aliphatic carbocycles. The molecule has 1 aliphatic heterocycles. The molecule has 0 spiro atoms. The standard InChI is InChI=1S/C12H20N4O/c1-15-5-7-16(8-6-15)12-10(11(17)9-13)3-2-4-14-12/h2-4,11,17H,5-9,13H2,1H3. The number of nitrogens with zero attached hydrogens (tertiary/aromatic N) is 3. The number of aliphatic hydroxyl groups is 1. The van der Waals surface area contributed by atoms with Crippen molar-refractivity contribution in [3.8, 4) is 0 Å². The van der Waals surface area contributed by atoms with E-state index in [0.717, 1.165) is 37.6 Å². The Hall–Kier alpha value is -1.17. The van der Waals surface area contributed by atoms with E-state index in [1.807, 2.05) is 12.1 Å². The average Bonchev–Trinajstić information content (AvgIpc) is 2.39. The number of rotatable bonds is 3. The van der Waals surface area contributed by atoms with Crippen molar-refractivity contribution < 1.29 is 5.11 Å². The van der Waals surface area contributed by atoms with E-state index in [4.69, 9.17) is 5.73 Å². The van der Waals surface area contributed by atoms with Crippen molar-refractivity contribution in [2.75, 3.05) is 44.7 Å². The van der Waals surface area contributed by atoms with Crippen LogP contribution >= 0.6 is 0 Å². The van der Waals surface area contributed by atoms with Crippen molar-refractivity contribution in [3.05, 3.63) is 23.9 Å². The van der Waals surface area contributed by atoms with Gasteiger partial charge in [0.2, 0.25) is 0 Å². The van der Waals surface area contributed by atoms with Crippen LogP contribution in [0.2, 0.25) is 0 Å². The Morgan fingerprint density at radius 3 is 2.76 bits per heavy atom. The molecule has 0 radical (unpaired) electrons. The van der Waals surface area contributed by atoms with Gasteiger partial charge < -0.3 is 20.6 Å². The van der Waals surface area contributed by atoms with Crippen LogP contribution in [0.15, 0.2) is 18.3 Å². The Balaban J connectivity index is 2.19. The fourth-order valence-electron chi connectivity index (χ4n) is 2.08. The molecule has 0 bridgehead atoms. The maximum atomic E-state index is 9.89. The fourth-order valence-corrected chi connectivity index (χ4v) is 2.08. The first-order valence-corrected chi connectivity index (χ1v) is 5.99. The lowest BCUT2D eigenvalue weighted by molar-refractivity contribution is 0.186. The molecule has 94 valence electrons. The van der Waals surface area contributed by atoms with Crippen molar-refractivity contribution >= 4 is 5.82 Å². The van der Waals surface area contributed by atoms with Crippen LogP contribution in [0, 0.1) is 0 Å². The van der Waals surface area contributed by atoms with E-state index in [2.05, 4.69) is 21.8 Å². The number of aliphatic hydroxyl groups excluding tert-OH is 1. The predicted octanol–water partition coefficient (Wildman–Crippen LogP) is -0.175. The first-order chi connectivity index (χ1) is 8.22. The zero-order valence-corrected chi connectivity index (χ0v) is 10.2. The summed E-state index contributed by atoms with van der Waals surface area (Å²) in [5, 5.41) is 9.89. The summed E-state index contributed by atoms with van der Waals surface area (Å²) in [5.41, 5.74) is 6.35. The fraction of sp³-hybridized carbons (Fsp3) is 0.583. The molecule has 1 unspecified atom stereocenters. The summed E-state index contributed by atoms with van der Waals surface area (Å²) in [6, 6.07) is 3.74. The molecule has 0 saturated carbocycles. The minimum atomic E-state index is -0.627. The largest absolute Gasteiger partial charge is 0.387 e. The third kappa shape index (κ3) is 2.74. The van der Waals surface area contributed by atoms with Crippen molar-refractivity contribution in [2.45, 2.75) is 6.10 Å². The summed E-state index contributed by atoms with van der Waals surface area (Å²) in [7, 11) is 2.12. The molecule has 17 heavy (non-hydrogen) atoms. The van der Waals surface area contributed by atoms with E-state index in [9.17, 15) is 5.11 Å². The van der Waals surface area contributed by atoms with Crippen molar-refractivity contribution in [3.63, 3.8) is 0 Å². The number of hydrogen-bond acceptors (Lipinski definition) is 5. The van der Waals surface area contributed by atoms with Gasteiger partial charge in [0.15, 0.2) is 0 Å². The predicted molar refractivity (Wildman–Crippen MR) is 68.0 cm³/mol. The van der Waals surface area contributed by atoms with Crippen molar-refractivity contribution in [1.82, 2.24) is 9.88 Å². The Labute approximate surface area is 102 Å². The van der Waals surface area contributed by atoms with Gasteiger partial charge in [0.1, 0.15) is 5.82 Å². The van der Waals surface area contributed by atoms with E-state index in [-0.39, 0.29) is 6.54 Å². The quantitative estimate of drug-likeness (QED) is 0.762. The number of pyridine rings is 1. The van der Waals surface area contributed by atoms with E-state index in [0.29, 0.717) is 0 Å². The second-order valence-electron chi connectivity index (χ2n) is 4.46. The third-order valence-corrected chi connectivity index (χ3v) is 3.20. The number of nitrogens with two attached hydrogens (primary N) is 1. The van der Waals surface area contributed by atoms with Crippen LogP contribution in [0.5, 0.6) is 0 Å². The molecule has 1 fully saturated rings. The lowest BCUT2D eigenvalue weighted by atomic mass is 10.1. The smallest absolute Gasteiger partial charge is 0.134 e.